The normalized spacial score (nSPS) is 10.6. The van der Waals surface area contributed by atoms with E-state index in [0.29, 0.717) is 20.8 Å². The maximum Gasteiger partial charge on any atom is 0.180 e. The second kappa shape index (κ2) is 5.90. The molecule has 2 N–H and O–H groups in total. The highest BCUT2D eigenvalue weighted by molar-refractivity contribution is 9.10. The fourth-order valence-electron chi connectivity index (χ4n) is 1.62. The highest BCUT2D eigenvalue weighted by atomic mass is 79.9. The number of hydrogen-bond acceptors (Lipinski definition) is 2. The van der Waals surface area contributed by atoms with Crippen LogP contribution in [-0.2, 0) is 6.54 Å². The lowest BCUT2D eigenvalue weighted by atomic mass is 10.2. The summed E-state index contributed by atoms with van der Waals surface area (Å²) in [6.07, 6.45) is 0. The van der Waals surface area contributed by atoms with Crippen LogP contribution in [0.5, 0.6) is 11.5 Å². The Hall–Kier alpha value is -1.10. The van der Waals surface area contributed by atoms with E-state index in [-0.39, 0.29) is 12.3 Å². The van der Waals surface area contributed by atoms with Gasteiger partial charge in [-0.2, -0.15) is 0 Å². The molecule has 2 nitrogen and oxygen atoms in total. The SMILES string of the molecule is Cc1ccc(Cl)c(Oc2ccc(CN)c(Br)c2F)c1. The van der Waals surface area contributed by atoms with Crippen molar-refractivity contribution in [2.24, 2.45) is 5.73 Å². The van der Waals surface area contributed by atoms with Crippen LogP contribution in [0.2, 0.25) is 5.02 Å². The van der Waals surface area contributed by atoms with Gasteiger partial charge in [-0.05, 0) is 52.2 Å². The van der Waals surface area contributed by atoms with Gasteiger partial charge in [0.15, 0.2) is 11.6 Å². The Morgan fingerprint density at radius 1 is 1.26 bits per heavy atom. The summed E-state index contributed by atoms with van der Waals surface area (Å²) < 4.78 is 19.9. The minimum absolute atomic E-state index is 0.108. The molecule has 0 amide bonds. The van der Waals surface area contributed by atoms with Crippen molar-refractivity contribution >= 4 is 27.5 Å². The number of ether oxygens (including phenoxy) is 1. The van der Waals surface area contributed by atoms with Gasteiger partial charge in [0.1, 0.15) is 5.75 Å². The first kappa shape index (κ1) is 14.3. The molecule has 0 saturated heterocycles. The van der Waals surface area contributed by atoms with E-state index in [2.05, 4.69) is 15.9 Å². The van der Waals surface area contributed by atoms with Gasteiger partial charge in [-0.1, -0.05) is 23.7 Å². The van der Waals surface area contributed by atoms with Crippen molar-refractivity contribution in [3.05, 3.63) is 56.8 Å². The fraction of sp³-hybridized carbons (Fsp3) is 0.143. The van der Waals surface area contributed by atoms with Gasteiger partial charge >= 0.3 is 0 Å². The molecule has 0 fully saturated rings. The zero-order valence-electron chi connectivity index (χ0n) is 10.2. The van der Waals surface area contributed by atoms with Crippen molar-refractivity contribution in [3.8, 4) is 11.5 Å². The van der Waals surface area contributed by atoms with E-state index in [1.807, 2.05) is 13.0 Å². The molecule has 100 valence electrons. The van der Waals surface area contributed by atoms with Crippen molar-refractivity contribution in [3.63, 3.8) is 0 Å². The third-order valence-electron chi connectivity index (χ3n) is 2.65. The van der Waals surface area contributed by atoms with Crippen LogP contribution in [0.1, 0.15) is 11.1 Å². The first-order valence-electron chi connectivity index (χ1n) is 5.64. The van der Waals surface area contributed by atoms with E-state index in [9.17, 15) is 4.39 Å². The molecule has 0 unspecified atom stereocenters. The van der Waals surface area contributed by atoms with Crippen LogP contribution in [0.4, 0.5) is 4.39 Å². The van der Waals surface area contributed by atoms with Crippen LogP contribution >= 0.6 is 27.5 Å². The fourth-order valence-corrected chi connectivity index (χ4v) is 2.26. The van der Waals surface area contributed by atoms with E-state index in [1.54, 1.807) is 24.3 Å². The Kier molecular flexibility index (Phi) is 4.45. The predicted octanol–water partition coefficient (Wildman–Crippen LogP) is 4.80. The van der Waals surface area contributed by atoms with E-state index in [1.165, 1.54) is 0 Å². The van der Waals surface area contributed by atoms with Crippen molar-refractivity contribution < 1.29 is 9.13 Å². The second-order valence-electron chi connectivity index (χ2n) is 4.09. The summed E-state index contributed by atoms with van der Waals surface area (Å²) in [5, 5.41) is 0.434. The Bertz CT molecular complexity index is 619. The van der Waals surface area contributed by atoms with Crippen molar-refractivity contribution in [1.82, 2.24) is 0 Å². The quantitative estimate of drug-likeness (QED) is 0.868. The molecule has 2 aromatic rings. The molecule has 19 heavy (non-hydrogen) atoms. The van der Waals surface area contributed by atoms with E-state index in [4.69, 9.17) is 22.1 Å². The standard InChI is InChI=1S/C14H12BrClFNO/c1-8-2-4-10(16)12(6-8)19-11-5-3-9(7-18)13(15)14(11)17/h2-6H,7,18H2,1H3. The van der Waals surface area contributed by atoms with Gasteiger partial charge in [0, 0.05) is 6.54 Å². The number of aryl methyl sites for hydroxylation is 1. The molecule has 0 aliphatic heterocycles. The molecule has 0 heterocycles. The second-order valence-corrected chi connectivity index (χ2v) is 5.29. The van der Waals surface area contributed by atoms with Gasteiger partial charge in [-0.25, -0.2) is 4.39 Å². The number of benzene rings is 2. The van der Waals surface area contributed by atoms with E-state index >= 15 is 0 Å². The summed E-state index contributed by atoms with van der Waals surface area (Å²) in [5.74, 6) is 0.0464. The van der Waals surface area contributed by atoms with Crippen LogP contribution < -0.4 is 10.5 Å². The molecule has 0 spiro atoms. The predicted molar refractivity (Wildman–Crippen MR) is 78.3 cm³/mol. The summed E-state index contributed by atoms with van der Waals surface area (Å²) >= 11 is 9.19. The lowest BCUT2D eigenvalue weighted by Gasteiger charge is -2.11. The van der Waals surface area contributed by atoms with Crippen LogP contribution in [0.3, 0.4) is 0 Å². The first-order valence-corrected chi connectivity index (χ1v) is 6.81. The highest BCUT2D eigenvalue weighted by Crippen LogP contribution is 2.34. The van der Waals surface area contributed by atoms with Gasteiger partial charge in [-0.3, -0.25) is 0 Å². The van der Waals surface area contributed by atoms with Crippen molar-refractivity contribution in [1.29, 1.82) is 0 Å². The summed E-state index contributed by atoms with van der Waals surface area (Å²) in [6.45, 7) is 2.16. The zero-order valence-corrected chi connectivity index (χ0v) is 12.6. The minimum Gasteiger partial charge on any atom is -0.453 e. The summed E-state index contributed by atoms with van der Waals surface area (Å²) in [6, 6.07) is 8.59. The maximum absolute atomic E-state index is 14.1. The molecule has 5 heteroatoms. The number of nitrogens with two attached hydrogens (primary N) is 1. The molecule has 0 aliphatic carbocycles. The number of hydrogen-bond donors (Lipinski definition) is 1. The molecule has 0 aromatic heterocycles. The van der Waals surface area contributed by atoms with E-state index < -0.39 is 5.82 Å². The number of rotatable bonds is 3. The molecule has 2 aromatic carbocycles. The molecular weight excluding hydrogens is 333 g/mol. The van der Waals surface area contributed by atoms with Crippen LogP contribution in [0.25, 0.3) is 0 Å². The summed E-state index contributed by atoms with van der Waals surface area (Å²) in [7, 11) is 0. The summed E-state index contributed by atoms with van der Waals surface area (Å²) in [5.41, 5.74) is 7.17. The van der Waals surface area contributed by atoms with Gasteiger partial charge < -0.3 is 10.5 Å². The average molecular weight is 345 g/mol. The van der Waals surface area contributed by atoms with Crippen molar-refractivity contribution in [2.75, 3.05) is 0 Å². The molecule has 0 atom stereocenters. The molecule has 2 rings (SSSR count). The summed E-state index contributed by atoms with van der Waals surface area (Å²) in [4.78, 5) is 0. The Labute approximate surface area is 124 Å². The van der Waals surface area contributed by atoms with Crippen LogP contribution in [-0.4, -0.2) is 0 Å². The lowest BCUT2D eigenvalue weighted by Crippen LogP contribution is -2.00. The zero-order chi connectivity index (χ0) is 14.0. The third kappa shape index (κ3) is 3.08. The molecule has 0 radical (unpaired) electrons. The van der Waals surface area contributed by atoms with Gasteiger partial charge in [0.25, 0.3) is 0 Å². The van der Waals surface area contributed by atoms with Crippen LogP contribution in [0.15, 0.2) is 34.8 Å². The monoisotopic (exact) mass is 343 g/mol. The number of halogens is 3. The minimum atomic E-state index is -0.486. The third-order valence-corrected chi connectivity index (χ3v) is 3.82. The maximum atomic E-state index is 14.1. The molecule has 0 aliphatic rings. The first-order chi connectivity index (χ1) is 9.02. The van der Waals surface area contributed by atoms with E-state index in [0.717, 1.165) is 5.56 Å². The smallest absolute Gasteiger partial charge is 0.180 e. The average Bonchev–Trinajstić information content (AvgIpc) is 2.39. The van der Waals surface area contributed by atoms with Crippen LogP contribution in [0, 0.1) is 12.7 Å². The topological polar surface area (TPSA) is 35.2 Å². The van der Waals surface area contributed by atoms with Crippen molar-refractivity contribution in [2.45, 2.75) is 13.5 Å². The molecular formula is C14H12BrClFNO. The van der Waals surface area contributed by atoms with Gasteiger partial charge in [0.2, 0.25) is 0 Å². The Morgan fingerprint density at radius 3 is 2.68 bits per heavy atom. The Morgan fingerprint density at radius 2 is 2.00 bits per heavy atom. The molecule has 0 bridgehead atoms. The van der Waals surface area contributed by atoms with Gasteiger partial charge in [-0.15, -0.1) is 0 Å². The largest absolute Gasteiger partial charge is 0.453 e. The van der Waals surface area contributed by atoms with Gasteiger partial charge in [0.05, 0.1) is 9.50 Å². The molecule has 0 saturated carbocycles. The lowest BCUT2D eigenvalue weighted by molar-refractivity contribution is 0.439. The highest BCUT2D eigenvalue weighted by Gasteiger charge is 2.13. The Balaban J connectivity index is 2.39.